The first kappa shape index (κ1) is 12.8. The Morgan fingerprint density at radius 1 is 1.56 bits per heavy atom. The van der Waals surface area contributed by atoms with E-state index in [1.165, 1.54) is 11.0 Å². The number of likely N-dealkylation sites (N-methyl/N-ethyl adjacent to an activating group) is 1. The van der Waals surface area contributed by atoms with Crippen molar-refractivity contribution in [2.24, 2.45) is 0 Å². The lowest BCUT2D eigenvalue weighted by Crippen LogP contribution is -2.28. The van der Waals surface area contributed by atoms with Crippen LogP contribution < -0.4 is 0 Å². The molecule has 4 heteroatoms. The van der Waals surface area contributed by atoms with Crippen molar-refractivity contribution in [1.82, 2.24) is 4.90 Å². The van der Waals surface area contributed by atoms with E-state index in [-0.39, 0.29) is 11.7 Å². The van der Waals surface area contributed by atoms with E-state index in [9.17, 15) is 9.90 Å². The van der Waals surface area contributed by atoms with Crippen molar-refractivity contribution in [2.45, 2.75) is 6.92 Å². The number of benzene rings is 1. The van der Waals surface area contributed by atoms with Crippen LogP contribution in [0.25, 0.3) is 0 Å². The molecule has 1 aromatic carbocycles. The van der Waals surface area contributed by atoms with Gasteiger partial charge in [0.1, 0.15) is 5.75 Å². The second-order valence-electron chi connectivity index (χ2n) is 3.78. The highest BCUT2D eigenvalue weighted by molar-refractivity contribution is 9.10. The molecule has 0 saturated carbocycles. The van der Waals surface area contributed by atoms with E-state index in [0.29, 0.717) is 12.1 Å². The Kier molecular flexibility index (Phi) is 4.12. The normalized spacial score (nSPS) is 9.94. The van der Waals surface area contributed by atoms with Crippen LogP contribution in [0.5, 0.6) is 5.75 Å². The third kappa shape index (κ3) is 3.10. The maximum absolute atomic E-state index is 11.9. The Morgan fingerprint density at radius 2 is 2.19 bits per heavy atom. The molecule has 16 heavy (non-hydrogen) atoms. The summed E-state index contributed by atoms with van der Waals surface area (Å²) in [5, 5.41) is 9.64. The molecule has 0 aromatic heterocycles. The second kappa shape index (κ2) is 5.16. The zero-order valence-corrected chi connectivity index (χ0v) is 10.9. The molecule has 1 aromatic rings. The molecule has 0 heterocycles. The van der Waals surface area contributed by atoms with Crippen molar-refractivity contribution >= 4 is 21.8 Å². The second-order valence-corrected chi connectivity index (χ2v) is 4.70. The molecule has 0 unspecified atom stereocenters. The molecule has 0 atom stereocenters. The highest BCUT2D eigenvalue weighted by Crippen LogP contribution is 2.23. The van der Waals surface area contributed by atoms with Gasteiger partial charge in [-0.05, 0) is 25.1 Å². The minimum Gasteiger partial charge on any atom is -0.507 e. The number of phenolic OH excluding ortho intramolecular Hbond substituents is 1. The summed E-state index contributed by atoms with van der Waals surface area (Å²) in [6, 6.07) is 4.82. The summed E-state index contributed by atoms with van der Waals surface area (Å²) in [5.41, 5.74) is 1.19. The molecule has 86 valence electrons. The monoisotopic (exact) mass is 283 g/mol. The molecular weight excluding hydrogens is 270 g/mol. The lowest BCUT2D eigenvalue weighted by atomic mass is 10.1. The van der Waals surface area contributed by atoms with Crippen LogP contribution in [0.3, 0.4) is 0 Å². The van der Waals surface area contributed by atoms with E-state index in [1.807, 2.05) is 6.92 Å². The zero-order valence-electron chi connectivity index (χ0n) is 9.33. The SMILES string of the molecule is C=C(C)CN(C)C(=O)c1ccc(Br)cc1O. The standard InChI is InChI=1S/C12H14BrNO2/c1-8(2)7-14(3)12(16)10-5-4-9(13)6-11(10)15/h4-6,15H,1,7H2,2-3H3. The molecule has 0 radical (unpaired) electrons. The van der Waals surface area contributed by atoms with Crippen LogP contribution in [0.4, 0.5) is 0 Å². The van der Waals surface area contributed by atoms with Gasteiger partial charge in [0, 0.05) is 18.1 Å². The smallest absolute Gasteiger partial charge is 0.257 e. The summed E-state index contributed by atoms with van der Waals surface area (Å²) in [5.74, 6) is -0.235. The third-order valence-electron chi connectivity index (χ3n) is 2.04. The fourth-order valence-corrected chi connectivity index (χ4v) is 1.72. The Labute approximate surface area is 104 Å². The quantitative estimate of drug-likeness (QED) is 0.867. The predicted molar refractivity (Wildman–Crippen MR) is 67.6 cm³/mol. The minimum atomic E-state index is -0.215. The van der Waals surface area contributed by atoms with E-state index in [1.54, 1.807) is 19.2 Å². The molecule has 0 fully saturated rings. The number of amides is 1. The molecule has 0 aliphatic carbocycles. The van der Waals surface area contributed by atoms with Crippen LogP contribution in [0.15, 0.2) is 34.8 Å². The molecule has 1 rings (SSSR count). The molecule has 0 bridgehead atoms. The largest absolute Gasteiger partial charge is 0.507 e. The number of halogens is 1. The molecular formula is C12H14BrNO2. The number of hydrogen-bond acceptors (Lipinski definition) is 2. The van der Waals surface area contributed by atoms with E-state index in [0.717, 1.165) is 10.0 Å². The number of nitrogens with zero attached hydrogens (tertiary/aromatic N) is 1. The van der Waals surface area contributed by atoms with Gasteiger partial charge in [0.05, 0.1) is 5.56 Å². The Bertz CT molecular complexity index is 429. The first-order valence-electron chi connectivity index (χ1n) is 4.80. The van der Waals surface area contributed by atoms with E-state index in [4.69, 9.17) is 0 Å². The van der Waals surface area contributed by atoms with Gasteiger partial charge in [0.2, 0.25) is 0 Å². The maximum Gasteiger partial charge on any atom is 0.257 e. The van der Waals surface area contributed by atoms with Crippen molar-refractivity contribution in [3.8, 4) is 5.75 Å². The van der Waals surface area contributed by atoms with E-state index < -0.39 is 0 Å². The van der Waals surface area contributed by atoms with Gasteiger partial charge in [0.15, 0.2) is 0 Å². The lowest BCUT2D eigenvalue weighted by molar-refractivity contribution is 0.0804. The Hall–Kier alpha value is -1.29. The highest BCUT2D eigenvalue weighted by Gasteiger charge is 2.15. The van der Waals surface area contributed by atoms with Crippen LogP contribution in [-0.4, -0.2) is 29.5 Å². The molecule has 0 saturated heterocycles. The van der Waals surface area contributed by atoms with Gasteiger partial charge in [-0.2, -0.15) is 0 Å². The zero-order chi connectivity index (χ0) is 12.3. The summed E-state index contributed by atoms with van der Waals surface area (Å²) >= 11 is 3.22. The molecule has 0 aliphatic rings. The molecule has 0 spiro atoms. The van der Waals surface area contributed by atoms with Crippen LogP contribution >= 0.6 is 15.9 Å². The number of aromatic hydroxyl groups is 1. The van der Waals surface area contributed by atoms with Crippen molar-refractivity contribution < 1.29 is 9.90 Å². The maximum atomic E-state index is 11.9. The summed E-state index contributed by atoms with van der Waals surface area (Å²) in [6.45, 7) is 6.08. The van der Waals surface area contributed by atoms with Crippen LogP contribution in [0.1, 0.15) is 17.3 Å². The summed E-state index contributed by atoms with van der Waals surface area (Å²) in [4.78, 5) is 13.4. The van der Waals surface area contributed by atoms with Crippen molar-refractivity contribution in [2.75, 3.05) is 13.6 Å². The Balaban J connectivity index is 2.92. The number of hydrogen-bond donors (Lipinski definition) is 1. The van der Waals surface area contributed by atoms with Gasteiger partial charge >= 0.3 is 0 Å². The molecule has 1 N–H and O–H groups in total. The third-order valence-corrected chi connectivity index (χ3v) is 2.54. The minimum absolute atomic E-state index is 0.0204. The lowest BCUT2D eigenvalue weighted by Gasteiger charge is -2.17. The number of rotatable bonds is 3. The molecule has 1 amide bonds. The fraction of sp³-hybridized carbons (Fsp3) is 0.250. The van der Waals surface area contributed by atoms with Crippen LogP contribution in [0.2, 0.25) is 0 Å². The molecule has 3 nitrogen and oxygen atoms in total. The van der Waals surface area contributed by atoms with Crippen LogP contribution in [-0.2, 0) is 0 Å². The van der Waals surface area contributed by atoms with E-state index in [2.05, 4.69) is 22.5 Å². The van der Waals surface area contributed by atoms with Gasteiger partial charge in [-0.15, -0.1) is 0 Å². The highest BCUT2D eigenvalue weighted by atomic mass is 79.9. The van der Waals surface area contributed by atoms with Gasteiger partial charge in [-0.3, -0.25) is 4.79 Å². The van der Waals surface area contributed by atoms with Gasteiger partial charge in [-0.25, -0.2) is 0 Å². The predicted octanol–water partition coefficient (Wildman–Crippen LogP) is 2.80. The Morgan fingerprint density at radius 3 is 2.69 bits per heavy atom. The summed E-state index contributed by atoms with van der Waals surface area (Å²) in [7, 11) is 1.68. The average molecular weight is 284 g/mol. The van der Waals surface area contributed by atoms with Crippen molar-refractivity contribution in [1.29, 1.82) is 0 Å². The van der Waals surface area contributed by atoms with E-state index >= 15 is 0 Å². The molecule has 0 aliphatic heterocycles. The van der Waals surface area contributed by atoms with Crippen molar-refractivity contribution in [3.63, 3.8) is 0 Å². The fourth-order valence-electron chi connectivity index (χ4n) is 1.37. The number of phenols is 1. The number of carbonyl (C=O) groups is 1. The first-order valence-corrected chi connectivity index (χ1v) is 5.59. The van der Waals surface area contributed by atoms with Crippen LogP contribution in [0, 0.1) is 0 Å². The first-order chi connectivity index (χ1) is 7.41. The summed E-state index contributed by atoms with van der Waals surface area (Å²) < 4.78 is 0.740. The van der Waals surface area contributed by atoms with Crippen molar-refractivity contribution in [3.05, 3.63) is 40.4 Å². The topological polar surface area (TPSA) is 40.5 Å². The summed E-state index contributed by atoms with van der Waals surface area (Å²) in [6.07, 6.45) is 0. The van der Waals surface area contributed by atoms with Gasteiger partial charge in [0.25, 0.3) is 5.91 Å². The van der Waals surface area contributed by atoms with Gasteiger partial charge < -0.3 is 10.0 Å². The van der Waals surface area contributed by atoms with Gasteiger partial charge in [-0.1, -0.05) is 28.1 Å². The average Bonchev–Trinajstić information content (AvgIpc) is 2.15. The number of carbonyl (C=O) groups excluding carboxylic acids is 1.